The van der Waals surface area contributed by atoms with Gasteiger partial charge in [0.15, 0.2) is 0 Å². The van der Waals surface area contributed by atoms with Crippen LogP contribution in [0.5, 0.6) is 0 Å². The minimum Gasteiger partial charge on any atom is -0.350 e. The van der Waals surface area contributed by atoms with Crippen LogP contribution in [0.3, 0.4) is 0 Å². The lowest BCUT2D eigenvalue weighted by atomic mass is 10.1. The number of hydrogen-bond acceptors (Lipinski definition) is 3. The van der Waals surface area contributed by atoms with Gasteiger partial charge in [0, 0.05) is 12.6 Å². The normalized spacial score (nSPS) is 10.3. The van der Waals surface area contributed by atoms with Crippen LogP contribution in [0.2, 0.25) is 0 Å². The summed E-state index contributed by atoms with van der Waals surface area (Å²) < 4.78 is 12.9. The Hall–Kier alpha value is -2.50. The highest BCUT2D eigenvalue weighted by Gasteiger charge is 2.07. The van der Waals surface area contributed by atoms with Gasteiger partial charge in [0.2, 0.25) is 0 Å². The molecule has 1 heterocycles. The van der Waals surface area contributed by atoms with Crippen molar-refractivity contribution in [2.24, 2.45) is 0 Å². The van der Waals surface area contributed by atoms with E-state index in [4.69, 9.17) is 0 Å². The molecule has 6 heteroatoms. The van der Waals surface area contributed by atoms with Crippen LogP contribution in [-0.2, 0) is 6.42 Å². The zero-order chi connectivity index (χ0) is 14.5. The number of amides is 1. The van der Waals surface area contributed by atoms with Crippen LogP contribution < -0.4 is 10.9 Å². The summed E-state index contributed by atoms with van der Waals surface area (Å²) in [6.07, 6.45) is 0.598. The number of aromatic amines is 1. The molecule has 1 amide bonds. The first-order chi connectivity index (χ1) is 9.56. The fraction of sp³-hybridized carbons (Fsp3) is 0.214. The first-order valence-corrected chi connectivity index (χ1v) is 6.15. The molecule has 0 aliphatic carbocycles. The Kier molecular flexibility index (Phi) is 4.24. The number of halogens is 1. The Balaban J connectivity index is 1.91. The van der Waals surface area contributed by atoms with Gasteiger partial charge < -0.3 is 5.32 Å². The van der Waals surface area contributed by atoms with Gasteiger partial charge in [-0.05, 0) is 42.7 Å². The van der Waals surface area contributed by atoms with Gasteiger partial charge in [0.1, 0.15) is 11.5 Å². The smallest absolute Gasteiger partial charge is 0.271 e. The molecule has 0 aliphatic heterocycles. The predicted molar refractivity (Wildman–Crippen MR) is 72.0 cm³/mol. The maximum Gasteiger partial charge on any atom is 0.271 e. The molecule has 1 aromatic heterocycles. The zero-order valence-electron chi connectivity index (χ0n) is 10.9. The lowest BCUT2D eigenvalue weighted by Gasteiger charge is -2.07. The molecule has 0 fully saturated rings. The number of nitrogens with zero attached hydrogens (tertiary/aromatic N) is 1. The average molecular weight is 275 g/mol. The Morgan fingerprint density at radius 2 is 2.15 bits per heavy atom. The predicted octanol–water partition coefficient (Wildman–Crippen LogP) is 1.19. The lowest BCUT2D eigenvalue weighted by Crippen LogP contribution is -2.27. The van der Waals surface area contributed by atoms with Gasteiger partial charge in [-0.25, -0.2) is 9.49 Å². The molecule has 20 heavy (non-hydrogen) atoms. The van der Waals surface area contributed by atoms with Crippen molar-refractivity contribution in [2.45, 2.75) is 13.3 Å². The molecule has 0 bridgehead atoms. The van der Waals surface area contributed by atoms with E-state index in [-0.39, 0.29) is 23.0 Å². The van der Waals surface area contributed by atoms with Crippen molar-refractivity contribution in [3.05, 3.63) is 63.3 Å². The first kappa shape index (κ1) is 13.9. The molecule has 5 nitrogen and oxygen atoms in total. The number of carbonyl (C=O) groups is 1. The largest absolute Gasteiger partial charge is 0.350 e. The number of carbonyl (C=O) groups excluding carboxylic acids is 1. The molecular weight excluding hydrogens is 261 g/mol. The fourth-order valence-corrected chi connectivity index (χ4v) is 1.81. The van der Waals surface area contributed by atoms with E-state index >= 15 is 0 Å². The maximum atomic E-state index is 12.9. The summed E-state index contributed by atoms with van der Waals surface area (Å²) in [4.78, 5) is 22.6. The van der Waals surface area contributed by atoms with Crippen molar-refractivity contribution in [2.75, 3.05) is 6.54 Å². The van der Waals surface area contributed by atoms with Gasteiger partial charge in [-0.2, -0.15) is 5.10 Å². The van der Waals surface area contributed by atoms with Gasteiger partial charge in [0.25, 0.3) is 11.5 Å². The molecule has 104 valence electrons. The Labute approximate surface area is 114 Å². The van der Waals surface area contributed by atoms with Crippen molar-refractivity contribution >= 4 is 5.91 Å². The quantitative estimate of drug-likeness (QED) is 0.880. The second-order valence-electron chi connectivity index (χ2n) is 4.38. The third-order valence-electron chi connectivity index (χ3n) is 2.90. The highest BCUT2D eigenvalue weighted by Crippen LogP contribution is 2.10. The first-order valence-electron chi connectivity index (χ1n) is 6.15. The Bertz CT molecular complexity index is 662. The van der Waals surface area contributed by atoms with Crippen LogP contribution in [0.25, 0.3) is 0 Å². The zero-order valence-corrected chi connectivity index (χ0v) is 10.9. The average Bonchev–Trinajstić information content (AvgIpc) is 2.42. The highest BCUT2D eigenvalue weighted by molar-refractivity contribution is 5.91. The van der Waals surface area contributed by atoms with E-state index in [9.17, 15) is 14.0 Å². The molecule has 2 aromatic rings. The number of benzene rings is 1. The second kappa shape index (κ2) is 6.10. The number of aromatic nitrogens is 2. The minimum atomic E-state index is -0.360. The van der Waals surface area contributed by atoms with E-state index in [1.807, 2.05) is 6.92 Å². The molecule has 2 N–H and O–H groups in total. The van der Waals surface area contributed by atoms with E-state index in [0.717, 1.165) is 11.1 Å². The van der Waals surface area contributed by atoms with Gasteiger partial charge >= 0.3 is 0 Å². The van der Waals surface area contributed by atoms with Crippen molar-refractivity contribution in [1.82, 2.24) is 15.5 Å². The van der Waals surface area contributed by atoms with E-state index in [0.29, 0.717) is 13.0 Å². The fourth-order valence-electron chi connectivity index (χ4n) is 1.81. The molecule has 0 atom stereocenters. The van der Waals surface area contributed by atoms with Crippen LogP contribution in [0.4, 0.5) is 4.39 Å². The van der Waals surface area contributed by atoms with Crippen LogP contribution >= 0.6 is 0 Å². The van der Waals surface area contributed by atoms with Crippen LogP contribution in [0.1, 0.15) is 21.6 Å². The highest BCUT2D eigenvalue weighted by atomic mass is 19.1. The summed E-state index contributed by atoms with van der Waals surface area (Å²) >= 11 is 0. The Morgan fingerprint density at radius 1 is 1.35 bits per heavy atom. The van der Waals surface area contributed by atoms with E-state index in [1.54, 1.807) is 6.07 Å². The number of nitrogens with one attached hydrogen (secondary N) is 2. The van der Waals surface area contributed by atoms with Gasteiger partial charge in [-0.15, -0.1) is 0 Å². The van der Waals surface area contributed by atoms with E-state index in [1.165, 1.54) is 24.3 Å². The number of rotatable bonds is 4. The SMILES string of the molecule is Cc1cc(F)ccc1CCNC(=O)c1ccc(=O)[nH]n1. The van der Waals surface area contributed by atoms with Crippen molar-refractivity contribution in [1.29, 1.82) is 0 Å². The number of aryl methyl sites for hydroxylation is 1. The van der Waals surface area contributed by atoms with E-state index < -0.39 is 0 Å². The Morgan fingerprint density at radius 3 is 2.80 bits per heavy atom. The summed E-state index contributed by atoms with van der Waals surface area (Å²) in [5, 5.41) is 8.52. The molecule has 2 rings (SSSR count). The molecule has 0 saturated heterocycles. The van der Waals surface area contributed by atoms with E-state index in [2.05, 4.69) is 15.5 Å². The number of hydrogen-bond donors (Lipinski definition) is 2. The molecule has 0 aliphatic rings. The van der Waals surface area contributed by atoms with Crippen LogP contribution in [0, 0.1) is 12.7 Å². The lowest BCUT2D eigenvalue weighted by molar-refractivity contribution is 0.0948. The third-order valence-corrected chi connectivity index (χ3v) is 2.90. The third kappa shape index (κ3) is 3.50. The summed E-state index contributed by atoms with van der Waals surface area (Å²) in [5.41, 5.74) is 1.62. The molecule has 0 radical (unpaired) electrons. The topological polar surface area (TPSA) is 74.8 Å². The summed E-state index contributed by atoms with van der Waals surface area (Å²) in [6.45, 7) is 2.23. The van der Waals surface area contributed by atoms with Gasteiger partial charge in [-0.3, -0.25) is 9.59 Å². The summed E-state index contributed by atoms with van der Waals surface area (Å²) in [7, 11) is 0. The summed E-state index contributed by atoms with van der Waals surface area (Å²) in [6, 6.07) is 7.16. The van der Waals surface area contributed by atoms with Crippen molar-refractivity contribution < 1.29 is 9.18 Å². The second-order valence-corrected chi connectivity index (χ2v) is 4.38. The van der Waals surface area contributed by atoms with Crippen LogP contribution in [0.15, 0.2) is 35.1 Å². The van der Waals surface area contributed by atoms with Gasteiger partial charge in [-0.1, -0.05) is 6.07 Å². The van der Waals surface area contributed by atoms with Gasteiger partial charge in [0.05, 0.1) is 0 Å². The number of H-pyrrole nitrogens is 1. The monoisotopic (exact) mass is 275 g/mol. The maximum absolute atomic E-state index is 12.9. The molecular formula is C14H14FN3O2. The molecule has 0 spiro atoms. The minimum absolute atomic E-state index is 0.153. The molecule has 0 saturated carbocycles. The summed E-state index contributed by atoms with van der Waals surface area (Å²) in [5.74, 6) is -0.631. The molecule has 1 aromatic carbocycles. The standard InChI is InChI=1S/C14H14FN3O2/c1-9-8-11(15)3-2-10(9)6-7-16-14(20)12-4-5-13(19)18-17-12/h2-5,8H,6-7H2,1H3,(H,16,20)(H,18,19). The van der Waals surface area contributed by atoms with Crippen molar-refractivity contribution in [3.8, 4) is 0 Å². The van der Waals surface area contributed by atoms with Crippen LogP contribution in [-0.4, -0.2) is 22.6 Å². The molecule has 0 unspecified atom stereocenters. The van der Waals surface area contributed by atoms with Crippen molar-refractivity contribution in [3.63, 3.8) is 0 Å².